The number of methoxy groups -OCH3 is 1. The fourth-order valence-electron chi connectivity index (χ4n) is 3.32. The Kier molecular flexibility index (Phi) is 9.52. The zero-order valence-corrected chi connectivity index (χ0v) is 19.2. The lowest BCUT2D eigenvalue weighted by atomic mass is 10.1. The van der Waals surface area contributed by atoms with Crippen molar-refractivity contribution in [3.05, 3.63) is 28.8 Å². The van der Waals surface area contributed by atoms with Crippen molar-refractivity contribution in [3.8, 4) is 5.75 Å². The lowest BCUT2D eigenvalue weighted by Crippen LogP contribution is -2.50. The van der Waals surface area contributed by atoms with E-state index in [1.807, 2.05) is 32.0 Å². The van der Waals surface area contributed by atoms with Crippen molar-refractivity contribution in [1.82, 2.24) is 14.9 Å². The van der Waals surface area contributed by atoms with E-state index in [9.17, 15) is 8.42 Å². The Bertz CT molecular complexity index is 778. The molecule has 0 atom stereocenters. The van der Waals surface area contributed by atoms with Gasteiger partial charge in [0, 0.05) is 37.2 Å². The molecule has 0 radical (unpaired) electrons. The molecule has 1 fully saturated rings. The minimum Gasteiger partial charge on any atom is -0.497 e. The molecule has 29 heavy (non-hydrogen) atoms. The standard InChI is InChI=1S/C20H33ClN4O3S/c1-4-14-29(26,27)25-12-9-17(10-13-25)24-20(22-5-2)23-11-8-16-6-7-18(28-3)15-19(16)21/h6-7,15,17H,4-5,8-14H2,1-3H3,(H2,22,23,24). The molecule has 1 heterocycles. The van der Waals surface area contributed by atoms with Crippen LogP contribution in [-0.2, 0) is 16.4 Å². The first-order valence-corrected chi connectivity index (χ1v) is 12.2. The molecular weight excluding hydrogens is 412 g/mol. The monoisotopic (exact) mass is 444 g/mol. The van der Waals surface area contributed by atoms with E-state index in [0.29, 0.717) is 31.1 Å². The predicted molar refractivity (Wildman–Crippen MR) is 119 cm³/mol. The highest BCUT2D eigenvalue weighted by Gasteiger charge is 2.27. The van der Waals surface area contributed by atoms with Gasteiger partial charge in [0.05, 0.1) is 12.9 Å². The van der Waals surface area contributed by atoms with Crippen LogP contribution in [0.2, 0.25) is 5.02 Å². The molecule has 1 aromatic rings. The van der Waals surface area contributed by atoms with Gasteiger partial charge in [-0.1, -0.05) is 24.6 Å². The van der Waals surface area contributed by atoms with E-state index in [2.05, 4.69) is 15.6 Å². The summed E-state index contributed by atoms with van der Waals surface area (Å²) in [6, 6.07) is 5.88. The molecule has 2 N–H and O–H groups in total. The number of nitrogens with zero attached hydrogens (tertiary/aromatic N) is 2. The number of hydrogen-bond acceptors (Lipinski definition) is 4. The molecule has 0 unspecified atom stereocenters. The van der Waals surface area contributed by atoms with Crippen LogP contribution in [0.3, 0.4) is 0 Å². The van der Waals surface area contributed by atoms with Crippen molar-refractivity contribution in [1.29, 1.82) is 0 Å². The predicted octanol–water partition coefficient (Wildman–Crippen LogP) is 2.65. The van der Waals surface area contributed by atoms with Gasteiger partial charge in [-0.3, -0.25) is 4.99 Å². The number of piperidine rings is 1. The number of aliphatic imine (C=N–C) groups is 1. The molecule has 0 bridgehead atoms. The van der Waals surface area contributed by atoms with Gasteiger partial charge in [-0.2, -0.15) is 0 Å². The molecule has 7 nitrogen and oxygen atoms in total. The van der Waals surface area contributed by atoms with Crippen LogP contribution < -0.4 is 15.4 Å². The van der Waals surface area contributed by atoms with Crippen LogP contribution in [0, 0.1) is 0 Å². The highest BCUT2D eigenvalue weighted by molar-refractivity contribution is 7.89. The Hall–Kier alpha value is -1.51. The van der Waals surface area contributed by atoms with Crippen LogP contribution in [-0.4, -0.2) is 63.8 Å². The first-order chi connectivity index (χ1) is 13.9. The number of guanidine groups is 1. The van der Waals surface area contributed by atoms with E-state index in [-0.39, 0.29) is 11.8 Å². The van der Waals surface area contributed by atoms with Crippen molar-refractivity contribution in [2.75, 3.05) is 39.0 Å². The summed E-state index contributed by atoms with van der Waals surface area (Å²) in [6.45, 7) is 6.40. The quantitative estimate of drug-likeness (QED) is 0.452. The van der Waals surface area contributed by atoms with E-state index in [1.54, 1.807) is 11.4 Å². The molecule has 1 aliphatic rings. The number of benzene rings is 1. The van der Waals surface area contributed by atoms with Crippen LogP contribution in [0.5, 0.6) is 5.75 Å². The maximum absolute atomic E-state index is 12.2. The van der Waals surface area contributed by atoms with Gasteiger partial charge in [0.25, 0.3) is 0 Å². The van der Waals surface area contributed by atoms with Crippen LogP contribution in [0.1, 0.15) is 38.7 Å². The van der Waals surface area contributed by atoms with Crippen LogP contribution in [0.25, 0.3) is 0 Å². The van der Waals surface area contributed by atoms with Gasteiger partial charge in [0.15, 0.2) is 5.96 Å². The molecule has 9 heteroatoms. The highest BCUT2D eigenvalue weighted by atomic mass is 35.5. The van der Waals surface area contributed by atoms with E-state index in [0.717, 1.165) is 43.1 Å². The van der Waals surface area contributed by atoms with Gasteiger partial charge in [0.2, 0.25) is 10.0 Å². The summed E-state index contributed by atoms with van der Waals surface area (Å²) in [5.41, 5.74) is 1.03. The Morgan fingerprint density at radius 1 is 1.31 bits per heavy atom. The zero-order chi connectivity index (χ0) is 21.3. The van der Waals surface area contributed by atoms with Crippen LogP contribution in [0.15, 0.2) is 23.2 Å². The molecule has 0 spiro atoms. The molecule has 2 rings (SSSR count). The Balaban J connectivity index is 1.88. The zero-order valence-electron chi connectivity index (χ0n) is 17.6. The maximum atomic E-state index is 12.2. The van der Waals surface area contributed by atoms with Gasteiger partial charge in [-0.05, 0) is 50.3 Å². The third kappa shape index (κ3) is 7.35. The first-order valence-electron chi connectivity index (χ1n) is 10.2. The molecule has 0 aliphatic carbocycles. The van der Waals surface area contributed by atoms with E-state index >= 15 is 0 Å². The highest BCUT2D eigenvalue weighted by Crippen LogP contribution is 2.22. The third-order valence-corrected chi connectivity index (χ3v) is 7.33. The van der Waals surface area contributed by atoms with Crippen molar-refractivity contribution < 1.29 is 13.2 Å². The average molecular weight is 445 g/mol. The fourth-order valence-corrected chi connectivity index (χ4v) is 5.13. The summed E-state index contributed by atoms with van der Waals surface area (Å²) in [5, 5.41) is 7.39. The number of halogens is 1. The second-order valence-electron chi connectivity index (χ2n) is 7.10. The summed E-state index contributed by atoms with van der Waals surface area (Å²) < 4.78 is 31.2. The summed E-state index contributed by atoms with van der Waals surface area (Å²) in [5.74, 6) is 1.72. The number of nitrogens with one attached hydrogen (secondary N) is 2. The molecule has 1 aromatic carbocycles. The third-order valence-electron chi connectivity index (χ3n) is 4.91. The maximum Gasteiger partial charge on any atom is 0.214 e. The largest absolute Gasteiger partial charge is 0.497 e. The molecule has 1 saturated heterocycles. The van der Waals surface area contributed by atoms with Crippen LogP contribution >= 0.6 is 11.6 Å². The van der Waals surface area contributed by atoms with Gasteiger partial charge >= 0.3 is 0 Å². The number of sulfonamides is 1. The Morgan fingerprint density at radius 2 is 2.03 bits per heavy atom. The molecule has 0 aromatic heterocycles. The molecule has 1 aliphatic heterocycles. The Morgan fingerprint density at radius 3 is 2.62 bits per heavy atom. The van der Waals surface area contributed by atoms with Crippen molar-refractivity contribution >= 4 is 27.6 Å². The smallest absolute Gasteiger partial charge is 0.214 e. The lowest BCUT2D eigenvalue weighted by molar-refractivity contribution is 0.306. The fraction of sp³-hybridized carbons (Fsp3) is 0.650. The van der Waals surface area contributed by atoms with E-state index < -0.39 is 10.0 Å². The molecule has 164 valence electrons. The van der Waals surface area contributed by atoms with Crippen LogP contribution in [0.4, 0.5) is 0 Å². The van der Waals surface area contributed by atoms with E-state index in [1.165, 1.54) is 0 Å². The van der Waals surface area contributed by atoms with Crippen molar-refractivity contribution in [3.63, 3.8) is 0 Å². The second-order valence-corrected chi connectivity index (χ2v) is 9.60. The topological polar surface area (TPSA) is 83.0 Å². The van der Waals surface area contributed by atoms with Gasteiger partial charge in [-0.15, -0.1) is 0 Å². The normalized spacial score (nSPS) is 16.6. The molecule has 0 saturated carbocycles. The minimum absolute atomic E-state index is 0.213. The van der Waals surface area contributed by atoms with Crippen molar-refractivity contribution in [2.45, 2.75) is 45.6 Å². The first kappa shape index (κ1) is 23.8. The lowest BCUT2D eigenvalue weighted by Gasteiger charge is -2.32. The van der Waals surface area contributed by atoms with E-state index in [4.69, 9.17) is 16.3 Å². The number of ether oxygens (including phenoxy) is 1. The van der Waals surface area contributed by atoms with Gasteiger partial charge in [-0.25, -0.2) is 12.7 Å². The average Bonchev–Trinajstić information content (AvgIpc) is 2.69. The molecular formula is C20H33ClN4O3S. The second kappa shape index (κ2) is 11.6. The Labute approximate surface area is 179 Å². The summed E-state index contributed by atoms with van der Waals surface area (Å²) >= 11 is 6.30. The summed E-state index contributed by atoms with van der Waals surface area (Å²) in [6.07, 6.45) is 2.93. The number of hydrogen-bond donors (Lipinski definition) is 2. The van der Waals surface area contributed by atoms with Gasteiger partial charge in [0.1, 0.15) is 5.75 Å². The summed E-state index contributed by atoms with van der Waals surface area (Å²) in [7, 11) is -1.49. The molecule has 0 amide bonds. The summed E-state index contributed by atoms with van der Waals surface area (Å²) in [4.78, 5) is 4.66. The SMILES string of the molecule is CCCS(=O)(=O)N1CCC(NC(=NCCc2ccc(OC)cc2Cl)NCC)CC1. The van der Waals surface area contributed by atoms with Crippen molar-refractivity contribution in [2.24, 2.45) is 4.99 Å². The number of rotatable bonds is 9. The minimum atomic E-state index is -3.11. The van der Waals surface area contributed by atoms with Gasteiger partial charge < -0.3 is 15.4 Å².